The number of rotatable bonds is 15. The lowest BCUT2D eigenvalue weighted by atomic mass is 10.0. The summed E-state index contributed by atoms with van der Waals surface area (Å²) in [7, 11) is 14.0. The van der Waals surface area contributed by atoms with Gasteiger partial charge in [-0.2, -0.15) is 0 Å². The van der Waals surface area contributed by atoms with Crippen LogP contribution >= 0.6 is 0 Å². The number of anilines is 1. The summed E-state index contributed by atoms with van der Waals surface area (Å²) in [5, 5.41) is 0. The van der Waals surface area contributed by atoms with Crippen LogP contribution in [-0.2, 0) is 19.9 Å². The second kappa shape index (κ2) is 16.8. The van der Waals surface area contributed by atoms with E-state index in [-0.39, 0.29) is 17.1 Å². The van der Waals surface area contributed by atoms with Crippen molar-refractivity contribution in [3.8, 4) is 46.0 Å². The predicted molar refractivity (Wildman–Crippen MR) is 198 cm³/mol. The topological polar surface area (TPSA) is 129 Å². The molecule has 2 amide bonds. The number of nitrogens with zero attached hydrogens (tertiary/aromatic N) is 3. The van der Waals surface area contributed by atoms with Gasteiger partial charge in [-0.15, -0.1) is 0 Å². The molecule has 13 heteroatoms. The van der Waals surface area contributed by atoms with Gasteiger partial charge < -0.3 is 42.5 Å². The summed E-state index contributed by atoms with van der Waals surface area (Å²) in [5.74, 6) is 2.56. The number of imidazole rings is 1. The molecule has 5 aromatic rings. The lowest BCUT2D eigenvalue weighted by Gasteiger charge is -2.22. The lowest BCUT2D eigenvalue weighted by molar-refractivity contribution is 0.0893. The summed E-state index contributed by atoms with van der Waals surface area (Å²) in [6.07, 6.45) is 0.704. The summed E-state index contributed by atoms with van der Waals surface area (Å²) in [6, 6.07) is 20.6. The van der Waals surface area contributed by atoms with Crippen LogP contribution in [0.25, 0.3) is 0 Å². The minimum Gasteiger partial charge on any atom is -0.493 e. The number of ether oxygens (including phenoxy) is 8. The highest BCUT2D eigenvalue weighted by Gasteiger charge is 2.33. The Hall–Kier alpha value is -6.37. The Balaban J connectivity index is 1.72. The number of imide groups is 1. The molecule has 4 aromatic carbocycles. The summed E-state index contributed by atoms with van der Waals surface area (Å²) >= 11 is 0. The Morgan fingerprint density at radius 3 is 1.26 bits per heavy atom. The number of carbonyl (C=O) groups excluding carboxylic acids is 2. The molecule has 53 heavy (non-hydrogen) atoms. The molecule has 0 aliphatic carbocycles. The molecule has 0 aliphatic heterocycles. The number of hydrogen-bond donors (Lipinski definition) is 0. The first-order valence-electron chi connectivity index (χ1n) is 16.4. The van der Waals surface area contributed by atoms with Crippen LogP contribution in [0.5, 0.6) is 46.0 Å². The molecule has 0 fully saturated rings. The van der Waals surface area contributed by atoms with Crippen LogP contribution in [0.15, 0.2) is 72.8 Å². The van der Waals surface area contributed by atoms with Gasteiger partial charge in [0.25, 0.3) is 11.8 Å². The first-order chi connectivity index (χ1) is 25.6. The van der Waals surface area contributed by atoms with Crippen LogP contribution in [0.4, 0.5) is 5.95 Å². The van der Waals surface area contributed by atoms with Gasteiger partial charge in [-0.1, -0.05) is 12.1 Å². The van der Waals surface area contributed by atoms with Gasteiger partial charge >= 0.3 is 0 Å². The zero-order chi connectivity index (χ0) is 38.2. The van der Waals surface area contributed by atoms with Crippen molar-refractivity contribution in [2.45, 2.75) is 12.8 Å². The van der Waals surface area contributed by atoms with Crippen LogP contribution < -0.4 is 42.8 Å². The zero-order valence-electron chi connectivity index (χ0n) is 31.3. The molecule has 1 aromatic heterocycles. The van der Waals surface area contributed by atoms with E-state index in [0.717, 1.165) is 21.7 Å². The van der Waals surface area contributed by atoms with Crippen molar-refractivity contribution in [2.24, 2.45) is 7.05 Å². The van der Waals surface area contributed by atoms with Gasteiger partial charge in [-0.05, 0) is 71.8 Å². The molecule has 0 unspecified atom stereocenters. The molecule has 0 saturated carbocycles. The third kappa shape index (κ3) is 7.78. The van der Waals surface area contributed by atoms with E-state index in [0.29, 0.717) is 64.5 Å². The zero-order valence-corrected chi connectivity index (χ0v) is 31.3. The molecule has 1 heterocycles. The molecule has 0 radical (unpaired) electrons. The second-order valence-corrected chi connectivity index (χ2v) is 11.7. The highest BCUT2D eigenvalue weighted by Crippen LogP contribution is 2.35. The normalized spacial score (nSPS) is 10.7. The molecule has 13 nitrogen and oxygen atoms in total. The molecule has 278 valence electrons. The Morgan fingerprint density at radius 2 is 0.868 bits per heavy atom. The fourth-order valence-corrected chi connectivity index (χ4v) is 5.98. The van der Waals surface area contributed by atoms with E-state index in [1.807, 2.05) is 36.4 Å². The van der Waals surface area contributed by atoms with Crippen LogP contribution in [0.3, 0.4) is 0 Å². The van der Waals surface area contributed by atoms with Gasteiger partial charge in [0.2, 0.25) is 5.95 Å². The van der Waals surface area contributed by atoms with E-state index >= 15 is 0 Å². The highest BCUT2D eigenvalue weighted by molar-refractivity contribution is 6.25. The van der Waals surface area contributed by atoms with Crippen LogP contribution in [-0.4, -0.2) is 78.2 Å². The lowest BCUT2D eigenvalue weighted by Crippen LogP contribution is -2.39. The SMILES string of the molecule is COc1ccc(Cc2nc(N(C(=O)c3ccc(OC)c(OC)c3)C(=O)c3ccc(OC)c(OC)c3)n(C)c2Cc2ccc(OC)c(OC)c2)cc1OC. The smallest absolute Gasteiger partial charge is 0.267 e. The summed E-state index contributed by atoms with van der Waals surface area (Å²) in [4.78, 5) is 35.4. The molecule has 0 bridgehead atoms. The minimum atomic E-state index is -0.644. The number of hydrogen-bond acceptors (Lipinski definition) is 11. The number of methoxy groups -OCH3 is 8. The number of amides is 2. The maximum Gasteiger partial charge on any atom is 0.267 e. The van der Waals surface area contributed by atoms with Crippen molar-refractivity contribution >= 4 is 17.8 Å². The standard InChI is InChI=1S/C40H43N3O10/c1-42-29(19-25-11-15-31(47-3)35(21-25)51-7)28(18-24-10-14-30(46-2)34(20-24)50-6)41-40(42)43(38(44)26-12-16-32(48-4)36(22-26)52-8)39(45)27-13-17-33(49-5)37(23-27)53-9/h10-17,20-23H,18-19H2,1-9H3. The Kier molecular flexibility index (Phi) is 12.0. The molecule has 0 saturated heterocycles. The molecular formula is C40H43N3O10. The van der Waals surface area contributed by atoms with Crippen molar-refractivity contribution in [1.82, 2.24) is 9.55 Å². The first-order valence-corrected chi connectivity index (χ1v) is 16.4. The second-order valence-electron chi connectivity index (χ2n) is 11.7. The van der Waals surface area contributed by atoms with E-state index in [4.69, 9.17) is 42.9 Å². The van der Waals surface area contributed by atoms with E-state index < -0.39 is 11.8 Å². The third-order valence-corrected chi connectivity index (χ3v) is 8.78. The molecule has 0 spiro atoms. The van der Waals surface area contributed by atoms with E-state index in [1.54, 1.807) is 64.3 Å². The number of aromatic nitrogens is 2. The highest BCUT2D eigenvalue weighted by atomic mass is 16.5. The Labute approximate surface area is 308 Å². The summed E-state index contributed by atoms with van der Waals surface area (Å²) in [5.41, 5.74) is 3.45. The van der Waals surface area contributed by atoms with Gasteiger partial charge in [0, 0.05) is 36.7 Å². The van der Waals surface area contributed by atoms with Gasteiger partial charge in [0.05, 0.1) is 62.6 Å². The number of benzene rings is 4. The van der Waals surface area contributed by atoms with Gasteiger partial charge in [0.15, 0.2) is 46.0 Å². The quantitative estimate of drug-likeness (QED) is 0.115. The van der Waals surface area contributed by atoms with E-state index in [2.05, 4.69) is 0 Å². The average molecular weight is 726 g/mol. The maximum atomic E-state index is 14.6. The molecule has 5 rings (SSSR count). The molecule has 0 aliphatic rings. The van der Waals surface area contributed by atoms with Crippen molar-refractivity contribution in [3.63, 3.8) is 0 Å². The van der Waals surface area contributed by atoms with Crippen molar-refractivity contribution < 1.29 is 47.5 Å². The summed E-state index contributed by atoms with van der Waals surface area (Å²) < 4.78 is 45.6. The fourth-order valence-electron chi connectivity index (χ4n) is 5.98. The average Bonchev–Trinajstić information content (AvgIpc) is 3.49. The molecular weight excluding hydrogens is 682 g/mol. The van der Waals surface area contributed by atoms with Gasteiger partial charge in [-0.3, -0.25) is 9.59 Å². The maximum absolute atomic E-state index is 14.6. The van der Waals surface area contributed by atoms with Crippen LogP contribution in [0.2, 0.25) is 0 Å². The largest absolute Gasteiger partial charge is 0.493 e. The van der Waals surface area contributed by atoms with E-state index in [9.17, 15) is 9.59 Å². The number of carbonyl (C=O) groups is 2. The molecule has 0 atom stereocenters. The van der Waals surface area contributed by atoms with Crippen LogP contribution in [0.1, 0.15) is 43.2 Å². The Bertz CT molecular complexity index is 2040. The van der Waals surface area contributed by atoms with Gasteiger partial charge in [-0.25, -0.2) is 9.88 Å². The predicted octanol–water partition coefficient (Wildman–Crippen LogP) is 6.16. The monoisotopic (exact) mass is 725 g/mol. The van der Waals surface area contributed by atoms with Crippen molar-refractivity contribution in [1.29, 1.82) is 0 Å². The van der Waals surface area contributed by atoms with Gasteiger partial charge in [0.1, 0.15) is 0 Å². The summed E-state index contributed by atoms with van der Waals surface area (Å²) in [6.45, 7) is 0. The molecule has 0 N–H and O–H groups in total. The van der Waals surface area contributed by atoms with Crippen molar-refractivity contribution in [2.75, 3.05) is 61.8 Å². The minimum absolute atomic E-state index is 0.0931. The first kappa shape index (κ1) is 37.9. The van der Waals surface area contributed by atoms with Crippen LogP contribution in [0, 0.1) is 0 Å². The fraction of sp³-hybridized carbons (Fsp3) is 0.275. The Morgan fingerprint density at radius 1 is 0.509 bits per heavy atom. The van der Waals surface area contributed by atoms with E-state index in [1.165, 1.54) is 40.6 Å². The van der Waals surface area contributed by atoms with Crippen molar-refractivity contribution in [3.05, 3.63) is 106 Å². The third-order valence-electron chi connectivity index (χ3n) is 8.78.